The molecular formula is C31H25N3O2. The van der Waals surface area contributed by atoms with E-state index < -0.39 is 5.97 Å². The lowest BCUT2D eigenvalue weighted by Gasteiger charge is -2.19. The van der Waals surface area contributed by atoms with Gasteiger partial charge in [-0.15, -0.1) is 0 Å². The number of aromatic nitrogens is 3. The van der Waals surface area contributed by atoms with Gasteiger partial charge in [0.2, 0.25) is 0 Å². The first kappa shape index (κ1) is 23.0. The number of benzene rings is 3. The number of allylic oxidation sites excluding steroid dienone is 1. The number of fused-ring (bicyclic) bond motifs is 1. The average molecular weight is 472 g/mol. The Morgan fingerprint density at radius 2 is 1.83 bits per heavy atom. The third kappa shape index (κ3) is 4.59. The Hall–Kier alpha value is -4.77. The van der Waals surface area contributed by atoms with Gasteiger partial charge in [0.05, 0.1) is 17.4 Å². The number of nitrogens with one attached hydrogen (secondary N) is 1. The number of pyridine rings is 1. The highest BCUT2D eigenvalue weighted by Gasteiger charge is 2.19. The fourth-order valence-electron chi connectivity index (χ4n) is 4.43. The molecule has 0 amide bonds. The highest BCUT2D eigenvalue weighted by Crippen LogP contribution is 2.40. The van der Waals surface area contributed by atoms with Gasteiger partial charge in [-0.2, -0.15) is 5.10 Å². The average Bonchev–Trinajstić information content (AvgIpc) is 3.41. The summed E-state index contributed by atoms with van der Waals surface area (Å²) >= 11 is 0. The summed E-state index contributed by atoms with van der Waals surface area (Å²) in [6, 6.07) is 28.1. The largest absolute Gasteiger partial charge is 0.423 e. The molecule has 2 heterocycles. The first-order valence-electron chi connectivity index (χ1n) is 11.8. The van der Waals surface area contributed by atoms with Gasteiger partial charge >= 0.3 is 5.97 Å². The van der Waals surface area contributed by atoms with Crippen molar-refractivity contribution in [2.45, 2.75) is 13.3 Å². The quantitative estimate of drug-likeness (QED) is 0.119. The van der Waals surface area contributed by atoms with Crippen LogP contribution in [0.15, 0.2) is 110 Å². The van der Waals surface area contributed by atoms with Gasteiger partial charge in [0.15, 0.2) is 0 Å². The van der Waals surface area contributed by atoms with E-state index in [1.165, 1.54) is 6.08 Å². The molecule has 5 rings (SSSR count). The van der Waals surface area contributed by atoms with Gasteiger partial charge in [-0.1, -0.05) is 62.0 Å². The van der Waals surface area contributed by atoms with Crippen molar-refractivity contribution in [3.8, 4) is 17.0 Å². The maximum atomic E-state index is 12.2. The Balaban J connectivity index is 1.77. The van der Waals surface area contributed by atoms with Crippen LogP contribution in [0.4, 0.5) is 0 Å². The summed E-state index contributed by atoms with van der Waals surface area (Å²) in [6.45, 7) is 5.69. The number of ether oxygens (including phenoxy) is 1. The van der Waals surface area contributed by atoms with Gasteiger partial charge in [0, 0.05) is 28.8 Å². The first-order chi connectivity index (χ1) is 17.7. The topological polar surface area (TPSA) is 67.9 Å². The summed E-state index contributed by atoms with van der Waals surface area (Å²) in [7, 11) is 0. The van der Waals surface area contributed by atoms with Crippen molar-refractivity contribution in [1.29, 1.82) is 0 Å². The van der Waals surface area contributed by atoms with Gasteiger partial charge in [0.1, 0.15) is 5.75 Å². The Kier molecular flexibility index (Phi) is 6.54. The van der Waals surface area contributed by atoms with Crippen molar-refractivity contribution in [2.24, 2.45) is 0 Å². The van der Waals surface area contributed by atoms with Crippen LogP contribution < -0.4 is 4.74 Å². The smallest absolute Gasteiger partial charge is 0.335 e. The molecule has 5 aromatic rings. The van der Waals surface area contributed by atoms with Crippen LogP contribution in [-0.2, 0) is 4.79 Å². The third-order valence-electron chi connectivity index (χ3n) is 6.09. The molecule has 3 aromatic carbocycles. The fraction of sp³-hybridized carbons (Fsp3) is 0.0645. The second-order valence-electron chi connectivity index (χ2n) is 8.30. The number of hydrogen-bond donors (Lipinski definition) is 1. The summed E-state index contributed by atoms with van der Waals surface area (Å²) < 4.78 is 5.67. The zero-order valence-corrected chi connectivity index (χ0v) is 19.9. The predicted molar refractivity (Wildman–Crippen MR) is 144 cm³/mol. The van der Waals surface area contributed by atoms with Crippen LogP contribution in [0.1, 0.15) is 30.0 Å². The van der Waals surface area contributed by atoms with Crippen molar-refractivity contribution in [1.82, 2.24) is 15.2 Å². The summed E-state index contributed by atoms with van der Waals surface area (Å²) in [4.78, 5) is 16.7. The molecule has 0 aliphatic rings. The SMILES string of the molecule is C=CC(=O)Oc1ccccc1/C(=C(\CC)c1cccc(-c2ccccn2)c1)c1ccc2[nH]ncc2c1. The van der Waals surface area contributed by atoms with E-state index in [0.29, 0.717) is 5.75 Å². The fourth-order valence-corrected chi connectivity index (χ4v) is 4.43. The second kappa shape index (κ2) is 10.2. The van der Waals surface area contributed by atoms with Crippen molar-refractivity contribution in [3.63, 3.8) is 0 Å². The maximum Gasteiger partial charge on any atom is 0.335 e. The molecule has 0 saturated carbocycles. The van der Waals surface area contributed by atoms with E-state index >= 15 is 0 Å². The van der Waals surface area contributed by atoms with Crippen LogP contribution in [0.2, 0.25) is 0 Å². The molecule has 36 heavy (non-hydrogen) atoms. The van der Waals surface area contributed by atoms with E-state index in [4.69, 9.17) is 4.74 Å². The number of nitrogens with zero attached hydrogens (tertiary/aromatic N) is 2. The number of carbonyl (C=O) groups excluding carboxylic acids is 1. The van der Waals surface area contributed by atoms with E-state index in [1.807, 2.05) is 54.7 Å². The molecule has 5 nitrogen and oxygen atoms in total. The van der Waals surface area contributed by atoms with E-state index in [0.717, 1.165) is 56.4 Å². The van der Waals surface area contributed by atoms with Crippen LogP contribution in [0.25, 0.3) is 33.3 Å². The van der Waals surface area contributed by atoms with Gasteiger partial charge in [-0.05, 0) is 65.1 Å². The number of hydrogen-bond acceptors (Lipinski definition) is 4. The Labute approximate surface area is 209 Å². The van der Waals surface area contributed by atoms with Crippen molar-refractivity contribution in [2.75, 3.05) is 0 Å². The number of H-pyrrole nitrogens is 1. The monoisotopic (exact) mass is 471 g/mol. The Morgan fingerprint density at radius 1 is 0.972 bits per heavy atom. The van der Waals surface area contributed by atoms with Gasteiger partial charge < -0.3 is 4.74 Å². The van der Waals surface area contributed by atoms with Crippen molar-refractivity contribution < 1.29 is 9.53 Å². The molecular weight excluding hydrogens is 446 g/mol. The molecule has 176 valence electrons. The van der Waals surface area contributed by atoms with Crippen LogP contribution in [0.3, 0.4) is 0 Å². The number of esters is 1. The van der Waals surface area contributed by atoms with Gasteiger partial charge in [-0.3, -0.25) is 10.1 Å². The lowest BCUT2D eigenvalue weighted by atomic mass is 9.86. The molecule has 0 bridgehead atoms. The normalized spacial score (nSPS) is 11.7. The molecule has 0 unspecified atom stereocenters. The lowest BCUT2D eigenvalue weighted by Crippen LogP contribution is -2.06. The molecule has 1 N–H and O–H groups in total. The molecule has 0 aliphatic heterocycles. The minimum Gasteiger partial charge on any atom is -0.423 e. The summed E-state index contributed by atoms with van der Waals surface area (Å²) in [6.07, 6.45) is 5.55. The van der Waals surface area contributed by atoms with Crippen molar-refractivity contribution in [3.05, 3.63) is 127 Å². The number of para-hydroxylation sites is 1. The standard InChI is InChI=1S/C31H25N3O2/c1-3-25(21-10-9-11-22(18-21)27-13-7-8-17-32-27)31(23-15-16-28-24(19-23)20-33-34-28)26-12-5-6-14-29(26)36-30(35)4-2/h4-20H,2-3H2,1H3,(H,33,34)/b31-25+. The van der Waals surface area contributed by atoms with Gasteiger partial charge in [-0.25, -0.2) is 4.79 Å². The summed E-state index contributed by atoms with van der Waals surface area (Å²) in [5.41, 5.74) is 7.93. The molecule has 2 aromatic heterocycles. The maximum absolute atomic E-state index is 12.2. The molecule has 5 heteroatoms. The molecule has 0 saturated heterocycles. The molecule has 0 atom stereocenters. The summed E-state index contributed by atoms with van der Waals surface area (Å²) in [5, 5.41) is 8.20. The number of aromatic amines is 1. The predicted octanol–water partition coefficient (Wildman–Crippen LogP) is 7.09. The summed E-state index contributed by atoms with van der Waals surface area (Å²) in [5.74, 6) is -0.0150. The zero-order valence-electron chi connectivity index (χ0n) is 19.9. The van der Waals surface area contributed by atoms with E-state index in [2.05, 4.69) is 65.1 Å². The highest BCUT2D eigenvalue weighted by atomic mass is 16.5. The second-order valence-corrected chi connectivity index (χ2v) is 8.30. The molecule has 0 aliphatic carbocycles. The van der Waals surface area contributed by atoms with Crippen LogP contribution in [0.5, 0.6) is 5.75 Å². The van der Waals surface area contributed by atoms with Crippen molar-refractivity contribution >= 4 is 28.0 Å². The Bertz CT molecular complexity index is 1580. The number of carbonyl (C=O) groups is 1. The number of rotatable bonds is 7. The minimum atomic E-state index is -0.498. The third-order valence-corrected chi connectivity index (χ3v) is 6.09. The molecule has 0 fully saturated rings. The van der Waals surface area contributed by atoms with Crippen LogP contribution in [0, 0.1) is 0 Å². The zero-order chi connectivity index (χ0) is 24.9. The first-order valence-corrected chi connectivity index (χ1v) is 11.8. The molecule has 0 radical (unpaired) electrons. The molecule has 0 spiro atoms. The van der Waals surface area contributed by atoms with E-state index in [1.54, 1.807) is 6.20 Å². The van der Waals surface area contributed by atoms with Crippen LogP contribution in [-0.4, -0.2) is 21.2 Å². The Morgan fingerprint density at radius 3 is 2.64 bits per heavy atom. The minimum absolute atomic E-state index is 0.483. The van der Waals surface area contributed by atoms with Crippen LogP contribution >= 0.6 is 0 Å². The lowest BCUT2D eigenvalue weighted by molar-refractivity contribution is -0.128. The van der Waals surface area contributed by atoms with E-state index in [-0.39, 0.29) is 0 Å². The van der Waals surface area contributed by atoms with E-state index in [9.17, 15) is 4.79 Å². The highest BCUT2D eigenvalue weighted by molar-refractivity contribution is 6.02. The van der Waals surface area contributed by atoms with Gasteiger partial charge in [0.25, 0.3) is 0 Å².